The van der Waals surface area contributed by atoms with Gasteiger partial charge in [-0.3, -0.25) is 4.79 Å². The molecule has 1 rings (SSSR count). The lowest BCUT2D eigenvalue weighted by Crippen LogP contribution is -2.35. The Morgan fingerprint density at radius 2 is 2.27 bits per heavy atom. The normalized spacial score (nSPS) is 19.9. The van der Waals surface area contributed by atoms with Gasteiger partial charge in [0.25, 0.3) is 0 Å². The topological polar surface area (TPSA) is 47.6 Å². The van der Waals surface area contributed by atoms with E-state index in [9.17, 15) is 4.79 Å². The first-order valence-electron chi connectivity index (χ1n) is 5.40. The number of hydrogen-bond acceptors (Lipinski definition) is 3. The quantitative estimate of drug-likeness (QED) is 0.729. The molecule has 15 heavy (non-hydrogen) atoms. The van der Waals surface area contributed by atoms with Crippen molar-refractivity contribution in [2.45, 2.75) is 25.8 Å². The number of carbonyl (C=O) groups is 1. The highest BCUT2D eigenvalue weighted by Gasteiger charge is 2.14. The molecule has 0 spiro atoms. The van der Waals surface area contributed by atoms with E-state index in [-0.39, 0.29) is 6.04 Å². The van der Waals surface area contributed by atoms with Crippen molar-refractivity contribution < 1.29 is 14.3 Å². The summed E-state index contributed by atoms with van der Waals surface area (Å²) < 4.78 is 10.8. The Balaban J connectivity index is 2.02. The van der Waals surface area contributed by atoms with Gasteiger partial charge in [-0.1, -0.05) is 0 Å². The van der Waals surface area contributed by atoms with Gasteiger partial charge in [-0.25, -0.2) is 0 Å². The highest BCUT2D eigenvalue weighted by molar-refractivity contribution is 5.80. The summed E-state index contributed by atoms with van der Waals surface area (Å²) in [5, 5.41) is 2.57. The Morgan fingerprint density at radius 3 is 2.87 bits per heavy atom. The summed E-state index contributed by atoms with van der Waals surface area (Å²) in [6.45, 7) is 9.79. The van der Waals surface area contributed by atoms with Gasteiger partial charge in [0.05, 0.1) is 13.5 Å². The van der Waals surface area contributed by atoms with Crippen LogP contribution in [0.1, 0.15) is 19.8 Å². The van der Waals surface area contributed by atoms with Crippen molar-refractivity contribution in [2.24, 2.45) is 5.92 Å². The van der Waals surface area contributed by atoms with Crippen LogP contribution >= 0.6 is 0 Å². The van der Waals surface area contributed by atoms with Crippen molar-refractivity contribution in [3.8, 4) is 0 Å². The van der Waals surface area contributed by atoms with Crippen molar-refractivity contribution in [3.05, 3.63) is 6.92 Å². The van der Waals surface area contributed by atoms with Crippen molar-refractivity contribution in [1.82, 2.24) is 5.32 Å². The zero-order valence-electron chi connectivity index (χ0n) is 9.20. The molecule has 0 bridgehead atoms. The Hall–Kier alpha value is -0.610. The van der Waals surface area contributed by atoms with E-state index >= 15 is 0 Å². The van der Waals surface area contributed by atoms with Crippen molar-refractivity contribution in [1.29, 1.82) is 0 Å². The zero-order chi connectivity index (χ0) is 11.1. The minimum atomic E-state index is -0.503. The number of nitrogens with one attached hydrogen (secondary N) is 1. The first-order valence-corrected chi connectivity index (χ1v) is 5.40. The van der Waals surface area contributed by atoms with Gasteiger partial charge in [0.15, 0.2) is 0 Å². The molecular formula is C11H19NO3. The molecular weight excluding hydrogens is 194 g/mol. The second kappa shape index (κ2) is 6.80. The summed E-state index contributed by atoms with van der Waals surface area (Å²) in [4.78, 5) is 10.5. The lowest BCUT2D eigenvalue weighted by molar-refractivity contribution is -0.117. The maximum Gasteiger partial charge on any atom is 0.225 e. The number of hydrogen-bond donors (Lipinski definition) is 1. The van der Waals surface area contributed by atoms with Crippen LogP contribution in [-0.4, -0.2) is 38.4 Å². The summed E-state index contributed by atoms with van der Waals surface area (Å²) in [5.74, 6) is 0.0942. The summed E-state index contributed by atoms with van der Waals surface area (Å²) in [5.41, 5.74) is 0. The fourth-order valence-corrected chi connectivity index (χ4v) is 1.61. The van der Waals surface area contributed by atoms with Gasteiger partial charge in [-0.15, -0.1) is 0 Å². The fourth-order valence-electron chi connectivity index (χ4n) is 1.61. The molecule has 1 fully saturated rings. The minimum absolute atomic E-state index is 0.0256. The van der Waals surface area contributed by atoms with Crippen LogP contribution in [0.25, 0.3) is 0 Å². The molecule has 1 atom stereocenters. The van der Waals surface area contributed by atoms with Gasteiger partial charge < -0.3 is 14.8 Å². The predicted molar refractivity (Wildman–Crippen MR) is 56.3 cm³/mol. The monoisotopic (exact) mass is 213 g/mol. The van der Waals surface area contributed by atoms with Crippen LogP contribution in [0.2, 0.25) is 0 Å². The Labute approximate surface area is 91.3 Å². The van der Waals surface area contributed by atoms with E-state index in [2.05, 4.69) is 5.32 Å². The van der Waals surface area contributed by atoms with Gasteiger partial charge in [0.2, 0.25) is 5.91 Å². The molecule has 4 heteroatoms. The van der Waals surface area contributed by atoms with E-state index in [1.54, 1.807) is 0 Å². The SMILES string of the molecule is [CH]C(=O)NC(C)COCC1CCOCC1. The second-order valence-electron chi connectivity index (χ2n) is 4.00. The Kier molecular flexibility index (Phi) is 5.65. The number of rotatable bonds is 5. The van der Waals surface area contributed by atoms with E-state index in [0.29, 0.717) is 12.5 Å². The smallest absolute Gasteiger partial charge is 0.225 e. The summed E-state index contributed by atoms with van der Waals surface area (Å²) in [7, 11) is 0. The van der Waals surface area contributed by atoms with E-state index in [1.807, 2.05) is 6.92 Å². The molecule has 86 valence electrons. The maximum absolute atomic E-state index is 10.5. The third kappa shape index (κ3) is 5.74. The van der Waals surface area contributed by atoms with Crippen molar-refractivity contribution in [3.63, 3.8) is 0 Å². The largest absolute Gasteiger partial charge is 0.381 e. The molecule has 0 aromatic carbocycles. The van der Waals surface area contributed by atoms with Crippen molar-refractivity contribution >= 4 is 5.91 Å². The number of amides is 1. The summed E-state index contributed by atoms with van der Waals surface area (Å²) in [6, 6.07) is -0.0256. The number of ether oxygens (including phenoxy) is 2. The third-order valence-electron chi connectivity index (χ3n) is 2.45. The minimum Gasteiger partial charge on any atom is -0.381 e. The van der Waals surface area contributed by atoms with Gasteiger partial charge >= 0.3 is 0 Å². The Morgan fingerprint density at radius 1 is 1.60 bits per heavy atom. The average molecular weight is 213 g/mol. The number of carbonyl (C=O) groups excluding carboxylic acids is 1. The molecule has 1 saturated heterocycles. The van der Waals surface area contributed by atoms with Gasteiger partial charge in [-0.2, -0.15) is 0 Å². The molecule has 2 radical (unpaired) electrons. The second-order valence-corrected chi connectivity index (χ2v) is 4.00. The lowest BCUT2D eigenvalue weighted by Gasteiger charge is -2.22. The van der Waals surface area contributed by atoms with Crippen LogP contribution in [0.4, 0.5) is 0 Å². The highest BCUT2D eigenvalue weighted by Crippen LogP contribution is 2.14. The lowest BCUT2D eigenvalue weighted by atomic mass is 10.0. The van der Waals surface area contributed by atoms with E-state index in [4.69, 9.17) is 16.4 Å². The molecule has 1 amide bonds. The van der Waals surface area contributed by atoms with Crippen LogP contribution in [0.3, 0.4) is 0 Å². The Bertz CT molecular complexity index is 190. The predicted octanol–water partition coefficient (Wildman–Crippen LogP) is 0.645. The van der Waals surface area contributed by atoms with Crippen LogP contribution in [0.5, 0.6) is 0 Å². The summed E-state index contributed by atoms with van der Waals surface area (Å²) >= 11 is 0. The first kappa shape index (κ1) is 12.5. The molecule has 1 unspecified atom stereocenters. The molecule has 0 aliphatic carbocycles. The van der Waals surface area contributed by atoms with Crippen LogP contribution < -0.4 is 5.32 Å². The van der Waals surface area contributed by atoms with E-state index in [1.165, 1.54) is 0 Å². The van der Waals surface area contributed by atoms with E-state index in [0.717, 1.165) is 32.7 Å². The average Bonchev–Trinajstić information content (AvgIpc) is 2.18. The fraction of sp³-hybridized carbons (Fsp3) is 0.818. The highest BCUT2D eigenvalue weighted by atomic mass is 16.5. The standard InChI is InChI=1S/C11H19NO3/c1-9(12-10(2)13)7-15-8-11-3-5-14-6-4-11/h2,9,11H,3-8H2,1H3,(H,12,13). The molecule has 4 nitrogen and oxygen atoms in total. The summed E-state index contributed by atoms with van der Waals surface area (Å²) in [6.07, 6.45) is 2.13. The molecule has 0 saturated carbocycles. The molecule has 0 aromatic heterocycles. The molecule has 0 aromatic rings. The first-order chi connectivity index (χ1) is 7.18. The molecule has 1 aliphatic rings. The van der Waals surface area contributed by atoms with Crippen LogP contribution in [0, 0.1) is 12.8 Å². The van der Waals surface area contributed by atoms with Crippen LogP contribution in [0.15, 0.2) is 0 Å². The third-order valence-corrected chi connectivity index (χ3v) is 2.45. The maximum atomic E-state index is 10.5. The van der Waals surface area contributed by atoms with Gasteiger partial charge in [-0.05, 0) is 25.7 Å². The van der Waals surface area contributed by atoms with Crippen molar-refractivity contribution in [2.75, 3.05) is 26.4 Å². The van der Waals surface area contributed by atoms with Crippen LogP contribution in [-0.2, 0) is 14.3 Å². The van der Waals surface area contributed by atoms with Gasteiger partial charge in [0, 0.05) is 25.9 Å². The molecule has 1 aliphatic heterocycles. The van der Waals surface area contributed by atoms with Gasteiger partial charge in [0.1, 0.15) is 0 Å². The zero-order valence-corrected chi connectivity index (χ0v) is 9.20. The molecule has 1 N–H and O–H groups in total. The van der Waals surface area contributed by atoms with E-state index < -0.39 is 5.91 Å². The molecule has 1 heterocycles.